The molecule has 0 radical (unpaired) electrons. The smallest absolute Gasteiger partial charge is 0.0453 e. The second-order valence-corrected chi connectivity index (χ2v) is 6.15. The molecule has 0 aliphatic heterocycles. The number of nitrogens with one attached hydrogen (secondary N) is 1. The summed E-state index contributed by atoms with van der Waals surface area (Å²) in [6, 6.07) is 5.76. The van der Waals surface area contributed by atoms with E-state index in [9.17, 15) is 0 Å². The van der Waals surface area contributed by atoms with Crippen molar-refractivity contribution in [3.63, 3.8) is 0 Å². The number of hydrogen-bond donors (Lipinski definition) is 1. The number of rotatable bonds is 5. The van der Waals surface area contributed by atoms with E-state index in [2.05, 4.69) is 12.2 Å². The van der Waals surface area contributed by atoms with E-state index in [1.165, 1.54) is 12.8 Å². The van der Waals surface area contributed by atoms with Crippen molar-refractivity contribution < 1.29 is 0 Å². The van der Waals surface area contributed by atoms with Crippen molar-refractivity contribution in [2.24, 2.45) is 11.3 Å². The Labute approximate surface area is 114 Å². The van der Waals surface area contributed by atoms with Crippen LogP contribution in [0.4, 0.5) is 0 Å². The Hall–Kier alpha value is -0.240. The van der Waals surface area contributed by atoms with E-state index < -0.39 is 0 Å². The van der Waals surface area contributed by atoms with Gasteiger partial charge in [-0.2, -0.15) is 0 Å². The molecule has 1 aliphatic rings. The molecule has 0 heterocycles. The van der Waals surface area contributed by atoms with Crippen LogP contribution in [0.15, 0.2) is 18.2 Å². The molecule has 1 unspecified atom stereocenters. The first-order chi connectivity index (χ1) is 8.07. The van der Waals surface area contributed by atoms with Gasteiger partial charge in [0.2, 0.25) is 0 Å². The fourth-order valence-corrected chi connectivity index (χ4v) is 3.17. The molecule has 3 heteroatoms. The second-order valence-electron chi connectivity index (χ2n) is 5.34. The molecule has 1 nitrogen and oxygen atoms in total. The lowest BCUT2D eigenvalue weighted by atomic mass is 9.79. The van der Waals surface area contributed by atoms with Gasteiger partial charge in [0.15, 0.2) is 0 Å². The van der Waals surface area contributed by atoms with Gasteiger partial charge >= 0.3 is 0 Å². The number of benzene rings is 1. The third kappa shape index (κ3) is 2.96. The normalized spacial score (nSPS) is 19.1. The van der Waals surface area contributed by atoms with Gasteiger partial charge in [-0.3, -0.25) is 0 Å². The summed E-state index contributed by atoms with van der Waals surface area (Å²) in [7, 11) is 2.01. The minimum Gasteiger partial charge on any atom is -0.319 e. The number of hydrogen-bond acceptors (Lipinski definition) is 1. The average molecular weight is 272 g/mol. The van der Waals surface area contributed by atoms with Crippen LogP contribution in [0, 0.1) is 11.3 Å². The van der Waals surface area contributed by atoms with Gasteiger partial charge in [0.25, 0.3) is 0 Å². The van der Waals surface area contributed by atoms with Crippen LogP contribution in [-0.2, 0) is 6.42 Å². The second kappa shape index (κ2) is 5.17. The van der Waals surface area contributed by atoms with Gasteiger partial charge in [-0.25, -0.2) is 0 Å². The molecular weight excluding hydrogens is 253 g/mol. The maximum Gasteiger partial charge on any atom is 0.0453 e. The third-order valence-corrected chi connectivity index (χ3v) is 4.49. The lowest BCUT2D eigenvalue weighted by molar-refractivity contribution is 0.263. The van der Waals surface area contributed by atoms with Crippen LogP contribution < -0.4 is 5.32 Å². The minimum absolute atomic E-state index is 0.267. The summed E-state index contributed by atoms with van der Waals surface area (Å²) < 4.78 is 0. The van der Waals surface area contributed by atoms with Crippen molar-refractivity contribution in [3.05, 3.63) is 33.8 Å². The van der Waals surface area contributed by atoms with Gasteiger partial charge in [0, 0.05) is 16.6 Å². The van der Waals surface area contributed by atoms with Crippen molar-refractivity contribution in [1.29, 1.82) is 0 Å². The highest BCUT2D eigenvalue weighted by Crippen LogP contribution is 2.48. The lowest BCUT2D eigenvalue weighted by Gasteiger charge is -2.30. The highest BCUT2D eigenvalue weighted by Gasteiger charge is 2.41. The average Bonchev–Trinajstić information content (AvgIpc) is 3.08. The Morgan fingerprint density at radius 2 is 1.88 bits per heavy atom. The maximum atomic E-state index is 6.26. The molecule has 1 aliphatic carbocycles. The van der Waals surface area contributed by atoms with Gasteiger partial charge in [-0.1, -0.05) is 36.2 Å². The highest BCUT2D eigenvalue weighted by molar-refractivity contribution is 6.36. The Morgan fingerprint density at radius 1 is 1.29 bits per heavy atom. The molecule has 2 rings (SSSR count). The molecule has 94 valence electrons. The first-order valence-electron chi connectivity index (χ1n) is 6.14. The molecule has 0 aromatic heterocycles. The van der Waals surface area contributed by atoms with Gasteiger partial charge in [0.1, 0.15) is 0 Å². The third-order valence-electron chi connectivity index (χ3n) is 3.79. The van der Waals surface area contributed by atoms with Gasteiger partial charge in [-0.15, -0.1) is 0 Å². The van der Waals surface area contributed by atoms with E-state index in [1.807, 2.05) is 25.2 Å². The molecule has 1 atom stereocenters. The van der Waals surface area contributed by atoms with E-state index in [4.69, 9.17) is 23.2 Å². The topological polar surface area (TPSA) is 12.0 Å². The van der Waals surface area contributed by atoms with Crippen molar-refractivity contribution >= 4 is 23.2 Å². The molecule has 1 fully saturated rings. The Morgan fingerprint density at radius 3 is 2.35 bits per heavy atom. The first-order valence-corrected chi connectivity index (χ1v) is 6.90. The zero-order chi connectivity index (χ0) is 12.5. The summed E-state index contributed by atoms with van der Waals surface area (Å²) in [5.74, 6) is 0.808. The molecule has 1 saturated carbocycles. The standard InChI is InChI=1S/C14H19Cl2N/c1-14(9-17-2,10-6-7-10)8-11-12(15)4-3-5-13(11)16/h3-5,10,17H,6-9H2,1-2H3. The van der Waals surface area contributed by atoms with Crippen molar-refractivity contribution in [2.45, 2.75) is 26.2 Å². The predicted octanol–water partition coefficient (Wildman–Crippen LogP) is 4.17. The fraction of sp³-hybridized carbons (Fsp3) is 0.571. The predicted molar refractivity (Wildman–Crippen MR) is 74.9 cm³/mol. The van der Waals surface area contributed by atoms with Crippen LogP contribution in [0.5, 0.6) is 0 Å². The minimum atomic E-state index is 0.267. The van der Waals surface area contributed by atoms with Gasteiger partial charge < -0.3 is 5.32 Å². The fourth-order valence-electron chi connectivity index (χ4n) is 2.64. The zero-order valence-corrected chi connectivity index (χ0v) is 11.9. The van der Waals surface area contributed by atoms with Crippen LogP contribution in [0.25, 0.3) is 0 Å². The van der Waals surface area contributed by atoms with Crippen LogP contribution in [0.1, 0.15) is 25.3 Å². The van der Waals surface area contributed by atoms with Crippen molar-refractivity contribution in [3.8, 4) is 0 Å². The monoisotopic (exact) mass is 271 g/mol. The van der Waals surface area contributed by atoms with Crippen LogP contribution in [0.2, 0.25) is 10.0 Å². The Kier molecular flexibility index (Phi) is 4.02. The lowest BCUT2D eigenvalue weighted by Crippen LogP contribution is -2.34. The molecule has 0 amide bonds. The van der Waals surface area contributed by atoms with E-state index in [0.29, 0.717) is 0 Å². The van der Waals surface area contributed by atoms with Gasteiger partial charge in [-0.05, 0) is 55.3 Å². The van der Waals surface area contributed by atoms with E-state index >= 15 is 0 Å². The molecule has 0 bridgehead atoms. The molecule has 1 N–H and O–H groups in total. The quantitative estimate of drug-likeness (QED) is 0.848. The molecule has 17 heavy (non-hydrogen) atoms. The first kappa shape index (κ1) is 13.2. The summed E-state index contributed by atoms with van der Waals surface area (Å²) in [6.45, 7) is 3.35. The van der Waals surface area contributed by atoms with Crippen molar-refractivity contribution in [2.75, 3.05) is 13.6 Å². The summed E-state index contributed by atoms with van der Waals surface area (Å²) in [5, 5.41) is 4.89. The largest absolute Gasteiger partial charge is 0.319 e. The van der Waals surface area contributed by atoms with E-state index in [0.717, 1.165) is 34.5 Å². The molecule has 1 aromatic rings. The summed E-state index contributed by atoms with van der Waals surface area (Å²) in [6.07, 6.45) is 3.62. The SMILES string of the molecule is CNCC(C)(Cc1c(Cl)cccc1Cl)C1CC1. The summed E-state index contributed by atoms with van der Waals surface area (Å²) in [4.78, 5) is 0. The zero-order valence-electron chi connectivity index (χ0n) is 10.4. The Bertz CT molecular complexity index is 381. The van der Waals surface area contributed by atoms with Crippen LogP contribution in [0.3, 0.4) is 0 Å². The van der Waals surface area contributed by atoms with E-state index in [1.54, 1.807) is 0 Å². The van der Waals surface area contributed by atoms with Crippen LogP contribution >= 0.6 is 23.2 Å². The summed E-state index contributed by atoms with van der Waals surface area (Å²) >= 11 is 12.5. The number of halogens is 2. The molecule has 0 spiro atoms. The molecule has 1 aromatic carbocycles. The maximum absolute atomic E-state index is 6.26. The molecular formula is C14H19Cl2N. The highest BCUT2D eigenvalue weighted by atomic mass is 35.5. The van der Waals surface area contributed by atoms with Crippen LogP contribution in [-0.4, -0.2) is 13.6 Å². The molecule has 0 saturated heterocycles. The van der Waals surface area contributed by atoms with Crippen molar-refractivity contribution in [1.82, 2.24) is 5.32 Å². The van der Waals surface area contributed by atoms with E-state index in [-0.39, 0.29) is 5.41 Å². The Balaban J connectivity index is 2.23. The van der Waals surface area contributed by atoms with Gasteiger partial charge in [0.05, 0.1) is 0 Å². The summed E-state index contributed by atoms with van der Waals surface area (Å²) in [5.41, 5.74) is 1.36.